The van der Waals surface area contributed by atoms with E-state index in [1.165, 1.54) is 24.5 Å². The average molecular weight is 365 g/mol. The number of alkyl halides is 3. The molecule has 1 atom stereocenters. The Hall–Kier alpha value is -2.21. The average Bonchev–Trinajstić information content (AvgIpc) is 3.46. The highest BCUT2D eigenvalue weighted by atomic mass is 19.4. The van der Waals surface area contributed by atoms with E-state index in [0.29, 0.717) is 12.5 Å². The van der Waals surface area contributed by atoms with Crippen molar-refractivity contribution in [1.29, 1.82) is 0 Å². The molecule has 2 aromatic rings. The number of nitrogens with one attached hydrogen (secondary N) is 1. The highest BCUT2D eigenvalue weighted by Gasteiger charge is 2.32. The first kappa shape index (κ1) is 18.6. The molecule has 0 heterocycles. The van der Waals surface area contributed by atoms with Gasteiger partial charge in [0, 0.05) is 12.6 Å². The molecule has 0 amide bonds. The van der Waals surface area contributed by atoms with Crippen LogP contribution in [-0.2, 0) is 6.54 Å². The number of hydrogen-bond acceptors (Lipinski definition) is 3. The van der Waals surface area contributed by atoms with E-state index >= 15 is 0 Å². The topological polar surface area (TPSA) is 30.5 Å². The third-order valence-electron chi connectivity index (χ3n) is 4.40. The van der Waals surface area contributed by atoms with Gasteiger partial charge >= 0.3 is 6.18 Å². The smallest absolute Gasteiger partial charge is 0.422 e. The van der Waals surface area contributed by atoms with E-state index < -0.39 is 12.8 Å². The molecule has 3 nitrogen and oxygen atoms in total. The maximum absolute atomic E-state index is 12.3. The van der Waals surface area contributed by atoms with E-state index in [9.17, 15) is 13.2 Å². The lowest BCUT2D eigenvalue weighted by Crippen LogP contribution is -2.23. The molecule has 2 aromatic carbocycles. The minimum atomic E-state index is -4.33. The summed E-state index contributed by atoms with van der Waals surface area (Å²) in [5.41, 5.74) is 2.08. The molecule has 3 rings (SSSR count). The van der Waals surface area contributed by atoms with Crippen molar-refractivity contribution in [3.8, 4) is 11.5 Å². The first-order chi connectivity index (χ1) is 12.4. The lowest BCUT2D eigenvalue weighted by Gasteiger charge is -2.19. The summed E-state index contributed by atoms with van der Waals surface area (Å²) < 4.78 is 46.9. The number of halogens is 3. The zero-order valence-electron chi connectivity index (χ0n) is 14.6. The molecule has 0 aromatic heterocycles. The number of hydrogen-bond donors (Lipinski definition) is 1. The highest BCUT2D eigenvalue weighted by Crippen LogP contribution is 2.41. The highest BCUT2D eigenvalue weighted by molar-refractivity contribution is 5.31. The zero-order valence-corrected chi connectivity index (χ0v) is 14.6. The number of ether oxygens (including phenoxy) is 2. The molecule has 1 aliphatic carbocycles. The van der Waals surface area contributed by atoms with E-state index in [2.05, 4.69) is 17.4 Å². The van der Waals surface area contributed by atoms with Gasteiger partial charge in [-0.3, -0.25) is 0 Å². The van der Waals surface area contributed by atoms with Crippen molar-refractivity contribution in [2.45, 2.75) is 31.6 Å². The molecule has 0 aliphatic heterocycles. The summed E-state index contributed by atoms with van der Waals surface area (Å²) in [6, 6.07) is 15.0. The predicted molar refractivity (Wildman–Crippen MR) is 93.3 cm³/mol. The lowest BCUT2D eigenvalue weighted by molar-refractivity contribution is -0.153. The lowest BCUT2D eigenvalue weighted by atomic mass is 10.0. The van der Waals surface area contributed by atoms with Crippen LogP contribution in [-0.4, -0.2) is 19.9 Å². The molecule has 1 aliphatic rings. The molecular weight excluding hydrogens is 343 g/mol. The summed E-state index contributed by atoms with van der Waals surface area (Å²) in [4.78, 5) is 0. The van der Waals surface area contributed by atoms with Crippen LogP contribution in [0.25, 0.3) is 0 Å². The molecule has 140 valence electrons. The molecule has 1 saturated carbocycles. The summed E-state index contributed by atoms with van der Waals surface area (Å²) in [5, 5.41) is 3.53. The monoisotopic (exact) mass is 365 g/mol. The van der Waals surface area contributed by atoms with Gasteiger partial charge in [-0.1, -0.05) is 24.3 Å². The van der Waals surface area contributed by atoms with Crippen molar-refractivity contribution in [2.75, 3.05) is 13.7 Å². The third-order valence-corrected chi connectivity index (χ3v) is 4.40. The largest absolute Gasteiger partial charge is 0.497 e. The standard InChI is InChI=1S/C20H22F3NO2/c1-25-17-9-7-16(8-10-17)19(15-5-6-15)24-12-14-3-2-4-18(11-14)26-13-20(21,22)23/h2-4,7-11,15,19,24H,5-6,12-13H2,1H3. The molecule has 1 unspecified atom stereocenters. The van der Waals surface area contributed by atoms with Crippen molar-refractivity contribution in [1.82, 2.24) is 5.32 Å². The summed E-state index contributed by atoms with van der Waals surface area (Å²) in [6.07, 6.45) is -1.98. The Balaban J connectivity index is 1.62. The Kier molecular flexibility index (Phi) is 5.71. The second-order valence-electron chi connectivity index (χ2n) is 6.52. The summed E-state index contributed by atoms with van der Waals surface area (Å²) in [6.45, 7) is -0.711. The normalized spacial score (nSPS) is 15.5. The summed E-state index contributed by atoms with van der Waals surface area (Å²) in [7, 11) is 1.64. The van der Waals surface area contributed by atoms with Crippen LogP contribution in [0.2, 0.25) is 0 Å². The van der Waals surface area contributed by atoms with Gasteiger partial charge in [0.2, 0.25) is 0 Å². The fourth-order valence-corrected chi connectivity index (χ4v) is 2.94. The molecular formula is C20H22F3NO2. The zero-order chi connectivity index (χ0) is 18.6. The molecule has 0 radical (unpaired) electrons. The van der Waals surface area contributed by atoms with Crippen molar-refractivity contribution in [3.05, 3.63) is 59.7 Å². The van der Waals surface area contributed by atoms with E-state index in [-0.39, 0.29) is 11.8 Å². The molecule has 0 bridgehead atoms. The van der Waals surface area contributed by atoms with Gasteiger partial charge < -0.3 is 14.8 Å². The fraction of sp³-hybridized carbons (Fsp3) is 0.400. The van der Waals surface area contributed by atoms with Crippen LogP contribution in [0.3, 0.4) is 0 Å². The number of benzene rings is 2. The van der Waals surface area contributed by atoms with Crippen molar-refractivity contribution in [3.63, 3.8) is 0 Å². The Morgan fingerprint density at radius 1 is 1.08 bits per heavy atom. The van der Waals surface area contributed by atoms with Crippen LogP contribution in [0.15, 0.2) is 48.5 Å². The molecule has 0 saturated heterocycles. The number of rotatable bonds is 8. The first-order valence-corrected chi connectivity index (χ1v) is 8.60. The second-order valence-corrected chi connectivity index (χ2v) is 6.52. The first-order valence-electron chi connectivity index (χ1n) is 8.60. The maximum atomic E-state index is 12.3. The van der Waals surface area contributed by atoms with Gasteiger partial charge in [-0.25, -0.2) is 0 Å². The van der Waals surface area contributed by atoms with E-state index in [0.717, 1.165) is 11.3 Å². The predicted octanol–water partition coefficient (Wildman–Crippen LogP) is 4.88. The molecule has 1 N–H and O–H groups in total. The van der Waals surface area contributed by atoms with Crippen LogP contribution in [0.4, 0.5) is 13.2 Å². The fourth-order valence-electron chi connectivity index (χ4n) is 2.94. The van der Waals surface area contributed by atoms with Crippen molar-refractivity contribution < 1.29 is 22.6 Å². The molecule has 26 heavy (non-hydrogen) atoms. The Morgan fingerprint density at radius 3 is 2.42 bits per heavy atom. The summed E-state index contributed by atoms with van der Waals surface area (Å²) >= 11 is 0. The Bertz CT molecular complexity index is 712. The van der Waals surface area contributed by atoms with E-state index in [1.807, 2.05) is 18.2 Å². The van der Waals surface area contributed by atoms with Crippen LogP contribution in [0.5, 0.6) is 11.5 Å². The van der Waals surface area contributed by atoms with Gasteiger partial charge in [0.15, 0.2) is 6.61 Å². The van der Waals surface area contributed by atoms with Crippen molar-refractivity contribution >= 4 is 0 Å². The molecule has 1 fully saturated rings. The van der Waals surface area contributed by atoms with Crippen LogP contribution >= 0.6 is 0 Å². The number of methoxy groups -OCH3 is 1. The minimum absolute atomic E-state index is 0.223. The second kappa shape index (κ2) is 7.99. The van der Waals surface area contributed by atoms with Gasteiger partial charge in [0.25, 0.3) is 0 Å². The van der Waals surface area contributed by atoms with Crippen LogP contribution in [0.1, 0.15) is 30.0 Å². The molecule has 0 spiro atoms. The summed E-state index contributed by atoms with van der Waals surface area (Å²) in [5.74, 6) is 1.64. The molecule has 6 heteroatoms. The van der Waals surface area contributed by atoms with Gasteiger partial charge in [-0.2, -0.15) is 13.2 Å². The Morgan fingerprint density at radius 2 is 1.81 bits per heavy atom. The van der Waals surface area contributed by atoms with E-state index in [1.54, 1.807) is 19.2 Å². The van der Waals surface area contributed by atoms with Gasteiger partial charge in [0.1, 0.15) is 11.5 Å². The van der Waals surface area contributed by atoms with Gasteiger partial charge in [-0.15, -0.1) is 0 Å². The van der Waals surface area contributed by atoms with Gasteiger partial charge in [0.05, 0.1) is 7.11 Å². The van der Waals surface area contributed by atoms with Crippen LogP contribution < -0.4 is 14.8 Å². The van der Waals surface area contributed by atoms with Crippen LogP contribution in [0, 0.1) is 5.92 Å². The maximum Gasteiger partial charge on any atom is 0.422 e. The quantitative estimate of drug-likeness (QED) is 0.723. The SMILES string of the molecule is COc1ccc(C(NCc2cccc(OCC(F)(F)F)c2)C2CC2)cc1. The van der Waals surface area contributed by atoms with Gasteiger partial charge in [-0.05, 0) is 54.2 Å². The Labute approximate surface area is 151 Å². The van der Waals surface area contributed by atoms with Crippen molar-refractivity contribution in [2.24, 2.45) is 5.92 Å². The van der Waals surface area contributed by atoms with E-state index in [4.69, 9.17) is 9.47 Å². The third kappa shape index (κ3) is 5.39. The minimum Gasteiger partial charge on any atom is -0.497 e.